The van der Waals surface area contributed by atoms with Crippen molar-refractivity contribution in [2.75, 3.05) is 0 Å². The number of nitrogens with zero attached hydrogens (tertiary/aromatic N) is 4. The lowest BCUT2D eigenvalue weighted by Crippen LogP contribution is -2.39. The fourth-order valence-corrected chi connectivity index (χ4v) is 2.23. The zero-order chi connectivity index (χ0) is 13.0. The molecule has 5 heteroatoms. The molecule has 0 amide bonds. The van der Waals surface area contributed by atoms with Crippen LogP contribution in [0.15, 0.2) is 30.3 Å². The maximum Gasteiger partial charge on any atom is 0.176 e. The van der Waals surface area contributed by atoms with Gasteiger partial charge in [0.15, 0.2) is 5.82 Å². The summed E-state index contributed by atoms with van der Waals surface area (Å²) in [4.78, 5) is 1.46. The number of rotatable bonds is 5. The third kappa shape index (κ3) is 2.73. The van der Waals surface area contributed by atoms with Crippen molar-refractivity contribution >= 4 is 0 Å². The highest BCUT2D eigenvalue weighted by Crippen LogP contribution is 2.26. The molecule has 18 heavy (non-hydrogen) atoms. The fraction of sp³-hybridized carbons (Fsp3) is 0.462. The quantitative estimate of drug-likeness (QED) is 0.864. The van der Waals surface area contributed by atoms with Gasteiger partial charge in [-0.1, -0.05) is 43.7 Å². The molecule has 1 aromatic carbocycles. The van der Waals surface area contributed by atoms with E-state index in [-0.39, 0.29) is 0 Å². The van der Waals surface area contributed by atoms with E-state index in [1.165, 1.54) is 4.80 Å². The van der Waals surface area contributed by atoms with Gasteiger partial charge in [0, 0.05) is 12.0 Å². The van der Waals surface area contributed by atoms with E-state index in [0.29, 0.717) is 12.2 Å². The molecule has 1 atom stereocenters. The Kier molecular flexibility index (Phi) is 3.72. The highest BCUT2D eigenvalue weighted by Gasteiger charge is 2.28. The summed E-state index contributed by atoms with van der Waals surface area (Å²) in [5.74, 6) is 0.692. The molecule has 0 fully saturated rings. The zero-order valence-corrected chi connectivity index (χ0v) is 10.9. The molecule has 0 saturated heterocycles. The van der Waals surface area contributed by atoms with E-state index in [1.807, 2.05) is 18.2 Å². The molecular weight excluding hydrogens is 226 g/mol. The summed E-state index contributed by atoms with van der Waals surface area (Å²) in [5, 5.41) is 12.1. The van der Waals surface area contributed by atoms with Gasteiger partial charge in [0.05, 0.1) is 7.05 Å². The van der Waals surface area contributed by atoms with Crippen molar-refractivity contribution in [3.63, 3.8) is 0 Å². The third-order valence-electron chi connectivity index (χ3n) is 3.07. The first-order valence-corrected chi connectivity index (χ1v) is 6.21. The molecule has 0 aliphatic carbocycles. The maximum absolute atomic E-state index is 6.55. The average molecular weight is 245 g/mol. The van der Waals surface area contributed by atoms with Crippen LogP contribution >= 0.6 is 0 Å². The van der Waals surface area contributed by atoms with E-state index in [9.17, 15) is 0 Å². The van der Waals surface area contributed by atoms with Gasteiger partial charge in [-0.2, -0.15) is 4.80 Å². The molecule has 0 radical (unpaired) electrons. The Bertz CT molecular complexity index is 493. The third-order valence-corrected chi connectivity index (χ3v) is 3.07. The van der Waals surface area contributed by atoms with Crippen molar-refractivity contribution in [3.8, 4) is 0 Å². The van der Waals surface area contributed by atoms with Gasteiger partial charge < -0.3 is 5.73 Å². The minimum Gasteiger partial charge on any atom is -0.321 e. The Morgan fingerprint density at radius 1 is 1.28 bits per heavy atom. The summed E-state index contributed by atoms with van der Waals surface area (Å²) >= 11 is 0. The lowest BCUT2D eigenvalue weighted by Gasteiger charge is -2.28. The molecular formula is C13H19N5. The molecule has 1 aromatic heterocycles. The smallest absolute Gasteiger partial charge is 0.176 e. The molecule has 0 aliphatic heterocycles. The van der Waals surface area contributed by atoms with Crippen LogP contribution in [0.25, 0.3) is 0 Å². The minimum atomic E-state index is -0.418. The van der Waals surface area contributed by atoms with Crippen LogP contribution in [0.4, 0.5) is 0 Å². The minimum absolute atomic E-state index is 0.418. The van der Waals surface area contributed by atoms with Crippen molar-refractivity contribution < 1.29 is 0 Å². The monoisotopic (exact) mass is 245 g/mol. The van der Waals surface area contributed by atoms with Crippen LogP contribution in [0.2, 0.25) is 0 Å². The number of hydrogen-bond donors (Lipinski definition) is 1. The summed E-state index contributed by atoms with van der Waals surface area (Å²) in [7, 11) is 1.76. The fourth-order valence-electron chi connectivity index (χ4n) is 2.23. The number of tetrazole rings is 1. The predicted octanol–water partition coefficient (Wildman–Crippen LogP) is 1.41. The molecule has 2 aromatic rings. The van der Waals surface area contributed by atoms with Gasteiger partial charge in [-0.3, -0.25) is 0 Å². The summed E-state index contributed by atoms with van der Waals surface area (Å²) in [5.41, 5.74) is 7.26. The van der Waals surface area contributed by atoms with Gasteiger partial charge >= 0.3 is 0 Å². The molecule has 0 aliphatic rings. The zero-order valence-electron chi connectivity index (χ0n) is 10.9. The van der Waals surface area contributed by atoms with Gasteiger partial charge in [0.25, 0.3) is 0 Å². The number of nitrogens with two attached hydrogens (primary N) is 1. The number of aryl methyl sites for hydroxylation is 1. The number of benzene rings is 1. The number of aromatic nitrogens is 4. The Morgan fingerprint density at radius 2 is 2.00 bits per heavy atom. The number of hydrogen-bond acceptors (Lipinski definition) is 4. The van der Waals surface area contributed by atoms with Crippen LogP contribution < -0.4 is 5.73 Å². The summed E-state index contributed by atoms with van der Waals surface area (Å²) < 4.78 is 0. The Balaban J connectivity index is 2.26. The molecule has 5 nitrogen and oxygen atoms in total. The van der Waals surface area contributed by atoms with Crippen LogP contribution in [0.1, 0.15) is 31.2 Å². The molecule has 0 bridgehead atoms. The van der Waals surface area contributed by atoms with Crippen molar-refractivity contribution in [1.82, 2.24) is 20.2 Å². The van der Waals surface area contributed by atoms with Gasteiger partial charge in [-0.25, -0.2) is 0 Å². The summed E-state index contributed by atoms with van der Waals surface area (Å²) in [6.45, 7) is 2.13. The first kappa shape index (κ1) is 12.7. The first-order valence-electron chi connectivity index (χ1n) is 6.21. The SMILES string of the molecule is CCCC(N)(Cc1nnn(C)n1)c1ccccc1. The van der Waals surface area contributed by atoms with Gasteiger partial charge in [0.2, 0.25) is 0 Å². The lowest BCUT2D eigenvalue weighted by molar-refractivity contribution is 0.391. The highest BCUT2D eigenvalue weighted by atomic mass is 15.6. The van der Waals surface area contributed by atoms with Gasteiger partial charge in [-0.15, -0.1) is 10.2 Å². The van der Waals surface area contributed by atoms with Crippen LogP contribution in [0.5, 0.6) is 0 Å². The van der Waals surface area contributed by atoms with E-state index in [0.717, 1.165) is 18.4 Å². The van der Waals surface area contributed by atoms with E-state index in [2.05, 4.69) is 34.5 Å². The van der Waals surface area contributed by atoms with E-state index in [4.69, 9.17) is 5.73 Å². The molecule has 0 spiro atoms. The highest BCUT2D eigenvalue weighted by molar-refractivity contribution is 5.25. The first-order chi connectivity index (χ1) is 8.64. The second kappa shape index (κ2) is 5.27. The van der Waals surface area contributed by atoms with E-state index in [1.54, 1.807) is 7.05 Å². The summed E-state index contributed by atoms with van der Waals surface area (Å²) in [6.07, 6.45) is 2.53. The molecule has 0 saturated carbocycles. The summed E-state index contributed by atoms with van der Waals surface area (Å²) in [6, 6.07) is 10.1. The normalized spacial score (nSPS) is 14.4. The van der Waals surface area contributed by atoms with Gasteiger partial charge in [0.1, 0.15) is 0 Å². The largest absolute Gasteiger partial charge is 0.321 e. The second-order valence-electron chi connectivity index (χ2n) is 4.64. The molecule has 2 N–H and O–H groups in total. The molecule has 96 valence electrons. The lowest BCUT2D eigenvalue weighted by atomic mass is 9.83. The van der Waals surface area contributed by atoms with Crippen molar-refractivity contribution in [2.45, 2.75) is 31.7 Å². The van der Waals surface area contributed by atoms with Crippen molar-refractivity contribution in [2.24, 2.45) is 12.8 Å². The topological polar surface area (TPSA) is 69.6 Å². The van der Waals surface area contributed by atoms with Gasteiger partial charge in [-0.05, 0) is 17.2 Å². The molecule has 1 unspecified atom stereocenters. The molecule has 1 heterocycles. The van der Waals surface area contributed by atoms with E-state index >= 15 is 0 Å². The molecule has 2 rings (SSSR count). The second-order valence-corrected chi connectivity index (χ2v) is 4.64. The maximum atomic E-state index is 6.55. The van der Waals surface area contributed by atoms with Crippen LogP contribution in [-0.4, -0.2) is 20.2 Å². The Hall–Kier alpha value is -1.75. The predicted molar refractivity (Wildman–Crippen MR) is 69.7 cm³/mol. The Labute approximate surface area is 107 Å². The van der Waals surface area contributed by atoms with Crippen molar-refractivity contribution in [3.05, 3.63) is 41.7 Å². The standard InChI is InChI=1S/C13H19N5/c1-3-9-13(14,11-7-5-4-6-8-11)10-12-15-17-18(2)16-12/h4-8H,3,9-10,14H2,1-2H3. The van der Waals surface area contributed by atoms with E-state index < -0.39 is 5.54 Å². The Morgan fingerprint density at radius 3 is 2.56 bits per heavy atom. The van der Waals surface area contributed by atoms with Crippen molar-refractivity contribution in [1.29, 1.82) is 0 Å². The van der Waals surface area contributed by atoms with Crippen LogP contribution in [0.3, 0.4) is 0 Å². The van der Waals surface area contributed by atoms with Crippen LogP contribution in [-0.2, 0) is 19.0 Å². The average Bonchev–Trinajstić information content (AvgIpc) is 2.76. The van der Waals surface area contributed by atoms with Crippen LogP contribution in [0, 0.1) is 0 Å².